The number of hydrogen-bond acceptors (Lipinski definition) is 3. The molecule has 12 aromatic rings. The Labute approximate surface area is 339 Å². The maximum Gasteiger partial charge on any atom is 0.161 e. The van der Waals surface area contributed by atoms with Crippen LogP contribution in [0.1, 0.15) is 25.0 Å². The second kappa shape index (κ2) is 11.7. The molecule has 4 nitrogen and oxygen atoms in total. The maximum atomic E-state index is 6.33. The van der Waals surface area contributed by atoms with E-state index in [0.29, 0.717) is 5.82 Å². The number of rotatable bonds is 3. The molecule has 0 fully saturated rings. The number of para-hydroxylation sites is 3. The van der Waals surface area contributed by atoms with Crippen LogP contribution in [0, 0.1) is 0 Å². The molecule has 0 aliphatic heterocycles. The Morgan fingerprint density at radius 3 is 2.03 bits per heavy atom. The van der Waals surface area contributed by atoms with Gasteiger partial charge in [0.15, 0.2) is 5.82 Å². The van der Waals surface area contributed by atoms with Crippen LogP contribution >= 0.6 is 0 Å². The second-order valence-electron chi connectivity index (χ2n) is 16.5. The number of aromatic nitrogens is 3. The SMILES string of the molecule is CC1(C)c2cc3c(cc2-c2ccc4ccccc4c21)c1ccccc1n3-c1ccc(-c2nc(-c3ccc4c(c3)oc3ccccc34)c3ccccc3n2)c2ccccc12. The fourth-order valence-electron chi connectivity index (χ4n) is 10.3. The third kappa shape index (κ3) is 4.49. The van der Waals surface area contributed by atoms with E-state index in [1.807, 2.05) is 18.2 Å². The van der Waals surface area contributed by atoms with E-state index in [-0.39, 0.29) is 5.41 Å². The lowest BCUT2D eigenvalue weighted by atomic mass is 9.80. The highest BCUT2D eigenvalue weighted by Gasteiger charge is 2.38. The molecule has 3 heterocycles. The first kappa shape index (κ1) is 32.5. The lowest BCUT2D eigenvalue weighted by Crippen LogP contribution is -2.15. The van der Waals surface area contributed by atoms with Crippen molar-refractivity contribution < 1.29 is 4.42 Å². The van der Waals surface area contributed by atoms with Gasteiger partial charge < -0.3 is 8.98 Å². The predicted molar refractivity (Wildman–Crippen MR) is 245 cm³/mol. The molecule has 1 aliphatic carbocycles. The summed E-state index contributed by atoms with van der Waals surface area (Å²) in [5.41, 5.74) is 14.3. The highest BCUT2D eigenvalue weighted by molar-refractivity contribution is 6.14. The molecule has 9 aromatic carbocycles. The molecule has 276 valence electrons. The molecule has 59 heavy (non-hydrogen) atoms. The van der Waals surface area contributed by atoms with Gasteiger partial charge in [-0.1, -0.05) is 135 Å². The van der Waals surface area contributed by atoms with Crippen LogP contribution in [0.2, 0.25) is 0 Å². The lowest BCUT2D eigenvalue weighted by Gasteiger charge is -2.23. The van der Waals surface area contributed by atoms with E-state index in [1.165, 1.54) is 54.8 Å². The Balaban J connectivity index is 1.03. The minimum Gasteiger partial charge on any atom is -0.456 e. The molecule has 0 saturated heterocycles. The van der Waals surface area contributed by atoms with Crippen LogP contribution in [0.25, 0.3) is 116 Å². The van der Waals surface area contributed by atoms with Crippen molar-refractivity contribution in [3.8, 4) is 39.5 Å². The van der Waals surface area contributed by atoms with Gasteiger partial charge in [0.25, 0.3) is 0 Å². The van der Waals surface area contributed by atoms with Gasteiger partial charge in [-0.2, -0.15) is 0 Å². The maximum absolute atomic E-state index is 6.33. The molecule has 0 saturated carbocycles. The van der Waals surface area contributed by atoms with E-state index in [1.54, 1.807) is 0 Å². The molecule has 0 unspecified atom stereocenters. The lowest BCUT2D eigenvalue weighted by molar-refractivity contribution is 0.667. The van der Waals surface area contributed by atoms with Crippen LogP contribution in [-0.2, 0) is 5.41 Å². The van der Waals surface area contributed by atoms with E-state index < -0.39 is 0 Å². The van der Waals surface area contributed by atoms with Crippen molar-refractivity contribution in [3.05, 3.63) is 187 Å². The van der Waals surface area contributed by atoms with Gasteiger partial charge in [-0.05, 0) is 93.0 Å². The normalized spacial score (nSPS) is 13.4. The summed E-state index contributed by atoms with van der Waals surface area (Å²) in [6.07, 6.45) is 0. The van der Waals surface area contributed by atoms with Crippen molar-refractivity contribution in [1.29, 1.82) is 0 Å². The van der Waals surface area contributed by atoms with Gasteiger partial charge in [-0.25, -0.2) is 9.97 Å². The van der Waals surface area contributed by atoms with Gasteiger partial charge in [-0.15, -0.1) is 0 Å². The summed E-state index contributed by atoms with van der Waals surface area (Å²) in [4.78, 5) is 10.6. The summed E-state index contributed by atoms with van der Waals surface area (Å²) in [5.74, 6) is 0.693. The predicted octanol–water partition coefficient (Wildman–Crippen LogP) is 14.6. The van der Waals surface area contributed by atoms with E-state index >= 15 is 0 Å². The first-order chi connectivity index (χ1) is 29.0. The van der Waals surface area contributed by atoms with Crippen LogP contribution in [0.5, 0.6) is 0 Å². The Kier molecular flexibility index (Phi) is 6.48. The molecule has 0 amide bonds. The topological polar surface area (TPSA) is 43.9 Å². The second-order valence-corrected chi connectivity index (χ2v) is 16.5. The van der Waals surface area contributed by atoms with E-state index in [0.717, 1.165) is 66.1 Å². The van der Waals surface area contributed by atoms with Crippen LogP contribution in [0.15, 0.2) is 180 Å². The van der Waals surface area contributed by atoms with Crippen molar-refractivity contribution >= 4 is 76.2 Å². The van der Waals surface area contributed by atoms with Gasteiger partial charge in [0, 0.05) is 48.9 Å². The minimum absolute atomic E-state index is 0.174. The average molecular weight is 754 g/mol. The molecular formula is C55H35N3O. The highest BCUT2D eigenvalue weighted by Crippen LogP contribution is 2.53. The average Bonchev–Trinajstić information content (AvgIpc) is 3.89. The molecule has 3 aromatic heterocycles. The third-order valence-electron chi connectivity index (χ3n) is 13.0. The highest BCUT2D eigenvalue weighted by atomic mass is 16.3. The number of benzene rings is 9. The Morgan fingerprint density at radius 1 is 0.458 bits per heavy atom. The molecule has 4 heteroatoms. The van der Waals surface area contributed by atoms with Crippen LogP contribution in [-0.4, -0.2) is 14.5 Å². The van der Waals surface area contributed by atoms with Crippen molar-refractivity contribution in [2.75, 3.05) is 0 Å². The first-order valence-electron chi connectivity index (χ1n) is 20.3. The number of furan rings is 1. The molecule has 0 bridgehead atoms. The number of nitrogens with zero attached hydrogens (tertiary/aromatic N) is 3. The first-order valence-corrected chi connectivity index (χ1v) is 20.3. The fraction of sp³-hybridized carbons (Fsp3) is 0.0545. The van der Waals surface area contributed by atoms with Crippen molar-refractivity contribution in [3.63, 3.8) is 0 Å². The molecule has 0 atom stereocenters. The van der Waals surface area contributed by atoms with Crippen molar-refractivity contribution in [2.45, 2.75) is 19.3 Å². The smallest absolute Gasteiger partial charge is 0.161 e. The zero-order valence-electron chi connectivity index (χ0n) is 32.5. The summed E-state index contributed by atoms with van der Waals surface area (Å²) < 4.78 is 8.81. The Hall–Kier alpha value is -7.56. The van der Waals surface area contributed by atoms with Gasteiger partial charge in [-0.3, -0.25) is 0 Å². The molecule has 0 N–H and O–H groups in total. The summed E-state index contributed by atoms with van der Waals surface area (Å²) in [6, 6.07) is 63.3. The molecule has 0 spiro atoms. The summed E-state index contributed by atoms with van der Waals surface area (Å²) in [7, 11) is 0. The van der Waals surface area contributed by atoms with Gasteiger partial charge in [0.2, 0.25) is 0 Å². The largest absolute Gasteiger partial charge is 0.456 e. The summed E-state index contributed by atoms with van der Waals surface area (Å²) in [6.45, 7) is 4.78. The van der Waals surface area contributed by atoms with Crippen LogP contribution in [0.3, 0.4) is 0 Å². The number of fused-ring (bicyclic) bond motifs is 13. The van der Waals surface area contributed by atoms with E-state index in [9.17, 15) is 0 Å². The molecule has 0 radical (unpaired) electrons. The standard InChI is InChI=1S/C55H35N3O/c1-55(2)45-31-49-44(30-43(45)40-26-23-32-13-3-4-14-34(32)52(40)55)37-17-8-11-21-47(37)58(49)48-28-27-41(35-15-5-6-16-36(35)48)54-56-46-20-10-7-19-42(46)53(57-54)33-24-25-39-38-18-9-12-22-50(38)59-51(39)29-33/h3-31H,1-2H3. The fourth-order valence-corrected chi connectivity index (χ4v) is 10.3. The van der Waals surface area contributed by atoms with Crippen molar-refractivity contribution in [1.82, 2.24) is 14.5 Å². The quantitative estimate of drug-likeness (QED) is 0.180. The Morgan fingerprint density at radius 2 is 1.15 bits per heavy atom. The minimum atomic E-state index is -0.174. The van der Waals surface area contributed by atoms with E-state index in [2.05, 4.69) is 176 Å². The summed E-state index contributed by atoms with van der Waals surface area (Å²) in [5, 5.41) is 10.6. The Bertz CT molecular complexity index is 3770. The zero-order valence-corrected chi connectivity index (χ0v) is 32.5. The molecule has 1 aliphatic rings. The van der Waals surface area contributed by atoms with Crippen molar-refractivity contribution in [2.24, 2.45) is 0 Å². The van der Waals surface area contributed by atoms with Gasteiger partial charge in [0.05, 0.1) is 27.9 Å². The van der Waals surface area contributed by atoms with Gasteiger partial charge in [0.1, 0.15) is 11.2 Å². The monoisotopic (exact) mass is 753 g/mol. The van der Waals surface area contributed by atoms with Gasteiger partial charge >= 0.3 is 0 Å². The third-order valence-corrected chi connectivity index (χ3v) is 13.0. The zero-order chi connectivity index (χ0) is 39.0. The van der Waals surface area contributed by atoms with Crippen LogP contribution < -0.4 is 0 Å². The molecule has 13 rings (SSSR count). The van der Waals surface area contributed by atoms with Crippen LogP contribution in [0.4, 0.5) is 0 Å². The summed E-state index contributed by atoms with van der Waals surface area (Å²) >= 11 is 0. The molecular weight excluding hydrogens is 719 g/mol. The van der Waals surface area contributed by atoms with E-state index in [4.69, 9.17) is 14.4 Å². The number of hydrogen-bond donors (Lipinski definition) is 0.